The number of hydrogen-bond donors (Lipinski definition) is 0. The van der Waals surface area contributed by atoms with Crippen molar-refractivity contribution < 1.29 is 18.1 Å². The van der Waals surface area contributed by atoms with Crippen LogP contribution < -0.4 is 0 Å². The molecule has 1 aromatic carbocycles. The molecule has 1 atom stereocenters. The lowest BCUT2D eigenvalue weighted by molar-refractivity contribution is 0.0864. The fourth-order valence-electron chi connectivity index (χ4n) is 1.29. The number of hydrogen-bond acceptors (Lipinski definition) is 3. The molecule has 0 aliphatic heterocycles. The van der Waals surface area contributed by atoms with Crippen LogP contribution in [0.3, 0.4) is 0 Å². The molecule has 1 heterocycles. The van der Waals surface area contributed by atoms with E-state index in [0.29, 0.717) is 0 Å². The van der Waals surface area contributed by atoms with Gasteiger partial charge < -0.3 is 4.52 Å². The molecule has 16 heavy (non-hydrogen) atoms. The highest BCUT2D eigenvalue weighted by Crippen LogP contribution is 2.23. The van der Waals surface area contributed by atoms with Crippen LogP contribution in [0.1, 0.15) is 22.2 Å². The van der Waals surface area contributed by atoms with Crippen molar-refractivity contribution in [2.45, 2.75) is 6.17 Å². The fourth-order valence-corrected chi connectivity index (χ4v) is 1.29. The van der Waals surface area contributed by atoms with Gasteiger partial charge in [0.2, 0.25) is 5.78 Å². The highest BCUT2D eigenvalue weighted by Gasteiger charge is 2.25. The molecule has 0 N–H and O–H groups in total. The Morgan fingerprint density at radius 3 is 2.69 bits per heavy atom. The standard InChI is InChI=1S/C11H7F2NO2/c12-8-4-2-1-3-7(8)10(13)11(15)9-5-6-16-14-9/h1-6,10H. The Hall–Kier alpha value is -2.04. The van der Waals surface area contributed by atoms with E-state index in [2.05, 4.69) is 9.68 Å². The highest BCUT2D eigenvalue weighted by atomic mass is 19.1. The predicted molar refractivity (Wildman–Crippen MR) is 51.1 cm³/mol. The predicted octanol–water partition coefficient (Wildman–Crippen LogP) is 2.71. The molecule has 82 valence electrons. The Bertz CT molecular complexity index is 496. The number of alkyl halides is 1. The van der Waals surface area contributed by atoms with Crippen LogP contribution in [-0.4, -0.2) is 10.9 Å². The molecule has 0 aliphatic rings. The van der Waals surface area contributed by atoms with E-state index in [9.17, 15) is 13.6 Å². The van der Waals surface area contributed by atoms with Crippen molar-refractivity contribution in [3.8, 4) is 0 Å². The number of nitrogens with zero attached hydrogens (tertiary/aromatic N) is 1. The largest absolute Gasteiger partial charge is 0.364 e. The van der Waals surface area contributed by atoms with Crippen molar-refractivity contribution >= 4 is 5.78 Å². The van der Waals surface area contributed by atoms with Gasteiger partial charge in [-0.1, -0.05) is 23.4 Å². The normalized spacial score (nSPS) is 12.4. The Kier molecular flexibility index (Phi) is 2.76. The van der Waals surface area contributed by atoms with Crippen LogP contribution in [0, 0.1) is 5.82 Å². The van der Waals surface area contributed by atoms with Gasteiger partial charge in [-0.25, -0.2) is 8.78 Å². The third kappa shape index (κ3) is 1.84. The average Bonchev–Trinajstić information content (AvgIpc) is 2.81. The van der Waals surface area contributed by atoms with Crippen LogP contribution >= 0.6 is 0 Å². The number of ketones is 1. The zero-order valence-corrected chi connectivity index (χ0v) is 8.06. The van der Waals surface area contributed by atoms with E-state index in [4.69, 9.17) is 0 Å². The van der Waals surface area contributed by atoms with Crippen LogP contribution in [0.4, 0.5) is 8.78 Å². The number of Topliss-reactive ketones (excluding diaryl/α,β-unsaturated/α-hetero) is 1. The van der Waals surface area contributed by atoms with Gasteiger partial charge in [-0.2, -0.15) is 0 Å². The van der Waals surface area contributed by atoms with E-state index in [1.807, 2.05) is 0 Å². The van der Waals surface area contributed by atoms with Crippen molar-refractivity contribution in [1.82, 2.24) is 5.16 Å². The second-order valence-electron chi connectivity index (χ2n) is 3.13. The molecule has 0 aliphatic carbocycles. The number of carbonyl (C=O) groups is 1. The van der Waals surface area contributed by atoms with Gasteiger partial charge >= 0.3 is 0 Å². The first-order chi connectivity index (χ1) is 7.70. The van der Waals surface area contributed by atoms with E-state index in [-0.39, 0.29) is 11.3 Å². The summed E-state index contributed by atoms with van der Waals surface area (Å²) in [5.74, 6) is -1.68. The van der Waals surface area contributed by atoms with Gasteiger partial charge in [-0.15, -0.1) is 0 Å². The van der Waals surface area contributed by atoms with Crippen molar-refractivity contribution in [2.75, 3.05) is 0 Å². The Morgan fingerprint density at radius 2 is 2.06 bits per heavy atom. The van der Waals surface area contributed by atoms with Crippen molar-refractivity contribution in [2.24, 2.45) is 0 Å². The number of aromatic nitrogens is 1. The zero-order chi connectivity index (χ0) is 11.5. The molecule has 0 spiro atoms. The second-order valence-corrected chi connectivity index (χ2v) is 3.13. The molecule has 0 bridgehead atoms. The maximum Gasteiger partial charge on any atom is 0.223 e. The van der Waals surface area contributed by atoms with Gasteiger partial charge in [0.15, 0.2) is 11.9 Å². The molecule has 3 nitrogen and oxygen atoms in total. The number of halogens is 2. The third-order valence-corrected chi connectivity index (χ3v) is 2.10. The lowest BCUT2D eigenvalue weighted by Gasteiger charge is -2.06. The summed E-state index contributed by atoms with van der Waals surface area (Å²) in [6.45, 7) is 0. The summed E-state index contributed by atoms with van der Waals surface area (Å²) in [5.41, 5.74) is -0.453. The second kappa shape index (κ2) is 4.22. The van der Waals surface area contributed by atoms with Crippen LogP contribution in [-0.2, 0) is 0 Å². The summed E-state index contributed by atoms with van der Waals surface area (Å²) in [4.78, 5) is 11.5. The van der Waals surface area contributed by atoms with Gasteiger partial charge in [-0.05, 0) is 6.07 Å². The zero-order valence-electron chi connectivity index (χ0n) is 8.06. The quantitative estimate of drug-likeness (QED) is 0.751. The van der Waals surface area contributed by atoms with Crippen LogP contribution in [0.15, 0.2) is 41.1 Å². The summed E-state index contributed by atoms with van der Waals surface area (Å²) in [6.07, 6.45) is -0.910. The summed E-state index contributed by atoms with van der Waals surface area (Å²) in [6, 6.07) is 6.43. The highest BCUT2D eigenvalue weighted by molar-refractivity contribution is 5.98. The fraction of sp³-hybridized carbons (Fsp3) is 0.0909. The van der Waals surface area contributed by atoms with Gasteiger partial charge in [0.1, 0.15) is 12.1 Å². The van der Waals surface area contributed by atoms with Gasteiger partial charge in [0, 0.05) is 11.6 Å². The number of rotatable bonds is 3. The lowest BCUT2D eigenvalue weighted by atomic mass is 10.0. The van der Waals surface area contributed by atoms with Crippen molar-refractivity contribution in [3.05, 3.63) is 53.7 Å². The molecular formula is C11H7F2NO2. The SMILES string of the molecule is O=C(c1ccon1)C(F)c1ccccc1F. The summed E-state index contributed by atoms with van der Waals surface area (Å²) >= 11 is 0. The molecule has 0 saturated heterocycles. The summed E-state index contributed by atoms with van der Waals surface area (Å²) in [5, 5.41) is 3.31. The first-order valence-electron chi connectivity index (χ1n) is 4.53. The Labute approximate surface area is 89.7 Å². The van der Waals surface area contributed by atoms with E-state index >= 15 is 0 Å². The molecule has 1 aromatic heterocycles. The van der Waals surface area contributed by atoms with Crippen LogP contribution in [0.2, 0.25) is 0 Å². The topological polar surface area (TPSA) is 43.1 Å². The smallest absolute Gasteiger partial charge is 0.223 e. The molecule has 1 unspecified atom stereocenters. The van der Waals surface area contributed by atoms with Crippen LogP contribution in [0.25, 0.3) is 0 Å². The monoisotopic (exact) mass is 223 g/mol. The molecule has 0 amide bonds. The van der Waals surface area contributed by atoms with Crippen molar-refractivity contribution in [1.29, 1.82) is 0 Å². The van der Waals surface area contributed by atoms with Gasteiger partial charge in [0.05, 0.1) is 0 Å². The molecule has 2 aromatic rings. The minimum atomic E-state index is -2.06. The first-order valence-corrected chi connectivity index (χ1v) is 4.53. The first kappa shape index (κ1) is 10.5. The molecule has 0 radical (unpaired) electrons. The maximum atomic E-state index is 13.7. The summed E-state index contributed by atoms with van der Waals surface area (Å²) < 4.78 is 31.3. The van der Waals surface area contributed by atoms with Crippen molar-refractivity contribution in [3.63, 3.8) is 0 Å². The Morgan fingerprint density at radius 1 is 1.31 bits per heavy atom. The maximum absolute atomic E-state index is 13.7. The average molecular weight is 223 g/mol. The Balaban J connectivity index is 2.30. The number of benzene rings is 1. The van der Waals surface area contributed by atoms with Crippen LogP contribution in [0.5, 0.6) is 0 Å². The van der Waals surface area contributed by atoms with Gasteiger partial charge in [-0.3, -0.25) is 4.79 Å². The summed E-state index contributed by atoms with van der Waals surface area (Å²) in [7, 11) is 0. The van der Waals surface area contributed by atoms with E-state index in [1.54, 1.807) is 0 Å². The third-order valence-electron chi connectivity index (χ3n) is 2.10. The van der Waals surface area contributed by atoms with E-state index < -0.39 is 17.8 Å². The van der Waals surface area contributed by atoms with E-state index in [1.165, 1.54) is 24.3 Å². The molecule has 5 heteroatoms. The minimum Gasteiger partial charge on any atom is -0.364 e. The number of carbonyl (C=O) groups excluding carboxylic acids is 1. The molecule has 0 fully saturated rings. The minimum absolute atomic E-state index is 0.157. The molecular weight excluding hydrogens is 216 g/mol. The van der Waals surface area contributed by atoms with Gasteiger partial charge in [0.25, 0.3) is 0 Å². The molecule has 0 saturated carbocycles. The van der Waals surface area contributed by atoms with E-state index in [0.717, 1.165) is 12.3 Å². The molecule has 2 rings (SSSR count). The lowest BCUT2D eigenvalue weighted by Crippen LogP contribution is -2.10.